The molecule has 1 heterocycles. The van der Waals surface area contributed by atoms with Crippen LogP contribution in [-0.2, 0) is 0 Å². The molecule has 2 aromatic rings. The molecule has 1 saturated carbocycles. The van der Waals surface area contributed by atoms with Gasteiger partial charge in [0.2, 0.25) is 0 Å². The molecule has 0 unspecified atom stereocenters. The van der Waals surface area contributed by atoms with Crippen molar-refractivity contribution >= 4 is 26.7 Å². The van der Waals surface area contributed by atoms with Crippen LogP contribution in [0.25, 0.3) is 10.2 Å². The van der Waals surface area contributed by atoms with Crippen molar-refractivity contribution < 1.29 is 0 Å². The Kier molecular flexibility index (Phi) is 4.21. The van der Waals surface area contributed by atoms with Crippen LogP contribution in [0.4, 0.5) is 5.13 Å². The van der Waals surface area contributed by atoms with Crippen LogP contribution >= 0.6 is 11.3 Å². The summed E-state index contributed by atoms with van der Waals surface area (Å²) in [6, 6.07) is 6.51. The fourth-order valence-electron chi connectivity index (χ4n) is 3.81. The SMILES string of the molecule is Cc1ccc2nc(NCC3(CC(C)C)CCCC3)sc2c1. The van der Waals surface area contributed by atoms with Gasteiger partial charge in [-0.15, -0.1) is 0 Å². The van der Waals surface area contributed by atoms with E-state index in [9.17, 15) is 0 Å². The van der Waals surface area contributed by atoms with E-state index >= 15 is 0 Å². The highest BCUT2D eigenvalue weighted by Crippen LogP contribution is 2.43. The fraction of sp³-hybridized carbons (Fsp3) is 0.611. The maximum atomic E-state index is 4.73. The van der Waals surface area contributed by atoms with E-state index in [2.05, 4.69) is 44.3 Å². The van der Waals surface area contributed by atoms with E-state index in [-0.39, 0.29) is 0 Å². The van der Waals surface area contributed by atoms with Crippen molar-refractivity contribution in [1.82, 2.24) is 4.98 Å². The molecule has 0 radical (unpaired) electrons. The van der Waals surface area contributed by atoms with Crippen LogP contribution in [0.15, 0.2) is 18.2 Å². The van der Waals surface area contributed by atoms with E-state index in [1.54, 1.807) is 11.3 Å². The molecule has 1 aliphatic rings. The molecular formula is C18H26N2S. The number of anilines is 1. The van der Waals surface area contributed by atoms with Crippen molar-refractivity contribution in [3.05, 3.63) is 23.8 Å². The molecule has 1 aliphatic carbocycles. The van der Waals surface area contributed by atoms with Gasteiger partial charge in [0.25, 0.3) is 0 Å². The van der Waals surface area contributed by atoms with Gasteiger partial charge in [-0.25, -0.2) is 4.98 Å². The monoisotopic (exact) mass is 302 g/mol. The topological polar surface area (TPSA) is 24.9 Å². The third-order valence-electron chi connectivity index (χ3n) is 4.66. The summed E-state index contributed by atoms with van der Waals surface area (Å²) in [7, 11) is 0. The van der Waals surface area contributed by atoms with Crippen molar-refractivity contribution in [3.8, 4) is 0 Å². The second-order valence-electron chi connectivity index (χ2n) is 7.15. The Morgan fingerprint density at radius 2 is 2.05 bits per heavy atom. The predicted octanol–water partition coefficient (Wildman–Crippen LogP) is 5.62. The van der Waals surface area contributed by atoms with E-state index in [1.807, 2.05) is 0 Å². The van der Waals surface area contributed by atoms with E-state index in [0.717, 1.165) is 23.1 Å². The van der Waals surface area contributed by atoms with Gasteiger partial charge >= 0.3 is 0 Å². The Morgan fingerprint density at radius 1 is 1.29 bits per heavy atom. The smallest absolute Gasteiger partial charge is 0.183 e. The molecule has 0 amide bonds. The Morgan fingerprint density at radius 3 is 2.76 bits per heavy atom. The lowest BCUT2D eigenvalue weighted by Crippen LogP contribution is -2.28. The number of hydrogen-bond donors (Lipinski definition) is 1. The molecule has 21 heavy (non-hydrogen) atoms. The van der Waals surface area contributed by atoms with Crippen molar-refractivity contribution in [2.24, 2.45) is 11.3 Å². The van der Waals surface area contributed by atoms with Gasteiger partial charge in [-0.05, 0) is 55.2 Å². The van der Waals surface area contributed by atoms with E-state index in [1.165, 1.54) is 42.4 Å². The molecule has 1 aromatic heterocycles. The van der Waals surface area contributed by atoms with Gasteiger partial charge < -0.3 is 5.32 Å². The Labute approximate surface area is 132 Å². The standard InChI is InChI=1S/C18H26N2S/c1-13(2)11-18(8-4-5-9-18)12-19-17-20-15-7-6-14(3)10-16(15)21-17/h6-7,10,13H,4-5,8-9,11-12H2,1-3H3,(H,19,20). The highest BCUT2D eigenvalue weighted by molar-refractivity contribution is 7.22. The lowest BCUT2D eigenvalue weighted by atomic mass is 9.78. The van der Waals surface area contributed by atoms with Crippen LogP contribution in [0.1, 0.15) is 51.5 Å². The quantitative estimate of drug-likeness (QED) is 0.775. The van der Waals surface area contributed by atoms with Gasteiger partial charge in [0.1, 0.15) is 0 Å². The lowest BCUT2D eigenvalue weighted by Gasteiger charge is -2.31. The van der Waals surface area contributed by atoms with Crippen LogP contribution in [0, 0.1) is 18.3 Å². The summed E-state index contributed by atoms with van der Waals surface area (Å²) < 4.78 is 1.29. The largest absolute Gasteiger partial charge is 0.361 e. The minimum absolute atomic E-state index is 0.502. The van der Waals surface area contributed by atoms with Crippen LogP contribution in [0.5, 0.6) is 0 Å². The molecule has 114 valence electrons. The predicted molar refractivity (Wildman–Crippen MR) is 93.2 cm³/mol. The van der Waals surface area contributed by atoms with Crippen molar-refractivity contribution in [2.75, 3.05) is 11.9 Å². The molecular weight excluding hydrogens is 276 g/mol. The first-order chi connectivity index (χ1) is 10.1. The first-order valence-electron chi connectivity index (χ1n) is 8.17. The number of nitrogens with one attached hydrogen (secondary N) is 1. The van der Waals surface area contributed by atoms with Crippen molar-refractivity contribution in [2.45, 2.75) is 52.9 Å². The highest BCUT2D eigenvalue weighted by atomic mass is 32.1. The number of benzene rings is 1. The third kappa shape index (κ3) is 3.39. The van der Waals surface area contributed by atoms with Gasteiger partial charge in [-0.1, -0.05) is 44.1 Å². The summed E-state index contributed by atoms with van der Waals surface area (Å²) in [5.41, 5.74) is 2.93. The zero-order valence-corrected chi connectivity index (χ0v) is 14.2. The normalized spacial score (nSPS) is 17.7. The van der Waals surface area contributed by atoms with Crippen molar-refractivity contribution in [1.29, 1.82) is 0 Å². The van der Waals surface area contributed by atoms with Gasteiger partial charge in [-0.3, -0.25) is 0 Å². The average molecular weight is 302 g/mol. The van der Waals surface area contributed by atoms with Crippen LogP contribution < -0.4 is 5.32 Å². The number of hydrogen-bond acceptors (Lipinski definition) is 3. The molecule has 2 nitrogen and oxygen atoms in total. The van der Waals surface area contributed by atoms with Crippen LogP contribution in [0.3, 0.4) is 0 Å². The molecule has 1 fully saturated rings. The number of rotatable bonds is 5. The maximum Gasteiger partial charge on any atom is 0.183 e. The molecule has 0 aliphatic heterocycles. The lowest BCUT2D eigenvalue weighted by molar-refractivity contribution is 0.252. The summed E-state index contributed by atoms with van der Waals surface area (Å²) in [5.74, 6) is 0.780. The molecule has 0 spiro atoms. The first-order valence-corrected chi connectivity index (χ1v) is 8.99. The van der Waals surface area contributed by atoms with E-state index in [4.69, 9.17) is 4.98 Å². The van der Waals surface area contributed by atoms with Gasteiger partial charge in [0, 0.05) is 6.54 Å². The van der Waals surface area contributed by atoms with Crippen LogP contribution in [0.2, 0.25) is 0 Å². The number of aromatic nitrogens is 1. The summed E-state index contributed by atoms with van der Waals surface area (Å²) >= 11 is 1.79. The maximum absolute atomic E-state index is 4.73. The molecule has 0 saturated heterocycles. The highest BCUT2D eigenvalue weighted by Gasteiger charge is 2.34. The second kappa shape index (κ2) is 5.96. The Bertz CT molecular complexity index is 609. The molecule has 3 rings (SSSR count). The summed E-state index contributed by atoms with van der Waals surface area (Å²) in [5, 5.41) is 4.74. The van der Waals surface area contributed by atoms with Crippen molar-refractivity contribution in [3.63, 3.8) is 0 Å². The fourth-order valence-corrected chi connectivity index (χ4v) is 4.77. The Hall–Kier alpha value is -1.09. The number of aryl methyl sites for hydroxylation is 1. The van der Waals surface area contributed by atoms with Gasteiger partial charge in [-0.2, -0.15) is 0 Å². The third-order valence-corrected chi connectivity index (χ3v) is 5.64. The minimum atomic E-state index is 0.502. The average Bonchev–Trinajstić information content (AvgIpc) is 3.02. The number of thiazole rings is 1. The van der Waals surface area contributed by atoms with E-state index < -0.39 is 0 Å². The summed E-state index contributed by atoms with van der Waals surface area (Å²) in [4.78, 5) is 4.73. The first kappa shape index (κ1) is 14.8. The summed E-state index contributed by atoms with van der Waals surface area (Å²) in [6.45, 7) is 7.92. The zero-order valence-electron chi connectivity index (χ0n) is 13.4. The number of nitrogens with zero attached hydrogens (tertiary/aromatic N) is 1. The van der Waals surface area contributed by atoms with E-state index in [0.29, 0.717) is 5.41 Å². The van der Waals surface area contributed by atoms with Crippen LogP contribution in [-0.4, -0.2) is 11.5 Å². The number of fused-ring (bicyclic) bond motifs is 1. The summed E-state index contributed by atoms with van der Waals surface area (Å²) in [6.07, 6.45) is 6.88. The molecule has 1 N–H and O–H groups in total. The van der Waals surface area contributed by atoms with Gasteiger partial charge in [0.15, 0.2) is 5.13 Å². The molecule has 0 bridgehead atoms. The van der Waals surface area contributed by atoms with Gasteiger partial charge in [0.05, 0.1) is 10.2 Å². The Balaban J connectivity index is 1.72. The second-order valence-corrected chi connectivity index (χ2v) is 8.18. The zero-order chi connectivity index (χ0) is 14.9. The molecule has 3 heteroatoms. The molecule has 1 aromatic carbocycles. The molecule has 0 atom stereocenters. The minimum Gasteiger partial charge on any atom is -0.361 e.